The molecule has 0 radical (unpaired) electrons. The molecule has 1 aliphatic heterocycles. The molecule has 1 saturated heterocycles. The molecule has 0 amide bonds. The minimum atomic E-state index is -0.436. The summed E-state index contributed by atoms with van der Waals surface area (Å²) < 4.78 is 0. The van der Waals surface area contributed by atoms with Crippen molar-refractivity contribution in [1.82, 2.24) is 10.3 Å². The number of nitrogens with one attached hydrogen (secondary N) is 1. The van der Waals surface area contributed by atoms with Crippen molar-refractivity contribution in [1.29, 1.82) is 0 Å². The van der Waals surface area contributed by atoms with Gasteiger partial charge in [-0.25, -0.2) is 4.98 Å². The summed E-state index contributed by atoms with van der Waals surface area (Å²) in [4.78, 5) is 6.61. The Kier molecular flexibility index (Phi) is 3.18. The lowest BCUT2D eigenvalue weighted by Gasteiger charge is -2.28. The Hall–Kier alpha value is -1.13. The van der Waals surface area contributed by atoms with Gasteiger partial charge < -0.3 is 15.3 Å². The Morgan fingerprint density at radius 3 is 2.67 bits per heavy atom. The van der Waals surface area contributed by atoms with Gasteiger partial charge in [-0.3, -0.25) is 0 Å². The van der Waals surface area contributed by atoms with Crippen LogP contribution in [-0.4, -0.2) is 36.3 Å². The van der Waals surface area contributed by atoms with Gasteiger partial charge in [0, 0.05) is 32.4 Å². The summed E-state index contributed by atoms with van der Waals surface area (Å²) in [7, 11) is 0. The average molecular weight is 207 g/mol. The van der Waals surface area contributed by atoms with E-state index in [2.05, 4.69) is 15.2 Å². The minimum absolute atomic E-state index is 0.436. The van der Waals surface area contributed by atoms with E-state index in [1.807, 2.05) is 12.1 Å². The number of rotatable bonds is 2. The molecule has 2 heterocycles. The molecule has 0 aliphatic carbocycles. The second-order valence-corrected chi connectivity index (χ2v) is 3.86. The third kappa shape index (κ3) is 2.46. The fraction of sp³-hybridized carbons (Fsp3) is 0.545. The van der Waals surface area contributed by atoms with Crippen LogP contribution in [0, 0.1) is 0 Å². The van der Waals surface area contributed by atoms with E-state index in [1.54, 1.807) is 13.1 Å². The molecule has 15 heavy (non-hydrogen) atoms. The standard InChI is InChI=1S/C11H17N3O/c1-9(15)10-2-3-11(13-8-10)14-6-4-12-5-7-14/h2-3,8-9,12,15H,4-7H2,1H3/t9-/m1/s1. The van der Waals surface area contributed by atoms with E-state index in [0.717, 1.165) is 37.6 Å². The fourth-order valence-corrected chi connectivity index (χ4v) is 1.73. The van der Waals surface area contributed by atoms with Gasteiger partial charge in [-0.2, -0.15) is 0 Å². The molecule has 4 heteroatoms. The van der Waals surface area contributed by atoms with E-state index in [4.69, 9.17) is 0 Å². The molecule has 4 nitrogen and oxygen atoms in total. The van der Waals surface area contributed by atoms with Crippen molar-refractivity contribution in [3.8, 4) is 0 Å². The lowest BCUT2D eigenvalue weighted by atomic mass is 10.2. The minimum Gasteiger partial charge on any atom is -0.389 e. The van der Waals surface area contributed by atoms with Crippen molar-refractivity contribution in [3.05, 3.63) is 23.9 Å². The second-order valence-electron chi connectivity index (χ2n) is 3.86. The van der Waals surface area contributed by atoms with Gasteiger partial charge in [0.15, 0.2) is 0 Å². The van der Waals surface area contributed by atoms with E-state index < -0.39 is 6.10 Å². The Morgan fingerprint density at radius 2 is 2.13 bits per heavy atom. The first-order valence-corrected chi connectivity index (χ1v) is 5.37. The number of hydrogen-bond donors (Lipinski definition) is 2. The van der Waals surface area contributed by atoms with Crippen molar-refractivity contribution in [2.75, 3.05) is 31.1 Å². The summed E-state index contributed by atoms with van der Waals surface area (Å²) in [6.45, 7) is 5.78. The van der Waals surface area contributed by atoms with E-state index in [9.17, 15) is 5.11 Å². The van der Waals surface area contributed by atoms with Crippen molar-refractivity contribution in [3.63, 3.8) is 0 Å². The molecule has 0 unspecified atom stereocenters. The molecular weight excluding hydrogens is 190 g/mol. The lowest BCUT2D eigenvalue weighted by Crippen LogP contribution is -2.43. The van der Waals surface area contributed by atoms with Crippen LogP contribution >= 0.6 is 0 Å². The van der Waals surface area contributed by atoms with Crippen molar-refractivity contribution in [2.45, 2.75) is 13.0 Å². The smallest absolute Gasteiger partial charge is 0.128 e. The summed E-state index contributed by atoms with van der Waals surface area (Å²) in [6, 6.07) is 3.92. The normalized spacial score (nSPS) is 18.9. The van der Waals surface area contributed by atoms with Crippen LogP contribution in [0.5, 0.6) is 0 Å². The van der Waals surface area contributed by atoms with Crippen LogP contribution < -0.4 is 10.2 Å². The van der Waals surface area contributed by atoms with E-state index in [0.29, 0.717) is 0 Å². The first kappa shape index (κ1) is 10.4. The molecule has 1 atom stereocenters. The van der Waals surface area contributed by atoms with Gasteiger partial charge in [-0.05, 0) is 18.6 Å². The number of nitrogens with zero attached hydrogens (tertiary/aromatic N) is 2. The molecule has 1 aromatic rings. The van der Waals surface area contributed by atoms with Gasteiger partial charge >= 0.3 is 0 Å². The van der Waals surface area contributed by atoms with Crippen LogP contribution in [0.25, 0.3) is 0 Å². The Labute approximate surface area is 89.9 Å². The topological polar surface area (TPSA) is 48.4 Å². The number of aliphatic hydroxyl groups excluding tert-OH is 1. The SMILES string of the molecule is C[C@@H](O)c1ccc(N2CCNCC2)nc1. The summed E-state index contributed by atoms with van der Waals surface area (Å²) in [5.74, 6) is 1.00. The van der Waals surface area contributed by atoms with E-state index in [-0.39, 0.29) is 0 Å². The molecule has 0 aromatic carbocycles. The first-order chi connectivity index (χ1) is 7.27. The number of aromatic nitrogens is 1. The van der Waals surface area contributed by atoms with E-state index >= 15 is 0 Å². The summed E-state index contributed by atoms with van der Waals surface area (Å²) in [6.07, 6.45) is 1.32. The van der Waals surface area contributed by atoms with Crippen molar-refractivity contribution in [2.24, 2.45) is 0 Å². The average Bonchev–Trinajstić information content (AvgIpc) is 2.30. The highest BCUT2D eigenvalue weighted by Crippen LogP contribution is 2.15. The van der Waals surface area contributed by atoms with Gasteiger partial charge in [0.2, 0.25) is 0 Å². The zero-order valence-corrected chi connectivity index (χ0v) is 8.98. The number of pyridine rings is 1. The highest BCUT2D eigenvalue weighted by molar-refractivity contribution is 5.40. The molecule has 1 fully saturated rings. The third-order valence-electron chi connectivity index (χ3n) is 2.69. The highest BCUT2D eigenvalue weighted by Gasteiger charge is 2.11. The Morgan fingerprint density at radius 1 is 1.40 bits per heavy atom. The first-order valence-electron chi connectivity index (χ1n) is 5.37. The van der Waals surface area contributed by atoms with Crippen LogP contribution in [0.4, 0.5) is 5.82 Å². The van der Waals surface area contributed by atoms with Gasteiger partial charge in [-0.15, -0.1) is 0 Å². The third-order valence-corrected chi connectivity index (χ3v) is 2.69. The number of piperazine rings is 1. The van der Waals surface area contributed by atoms with Crippen LogP contribution in [0.2, 0.25) is 0 Å². The van der Waals surface area contributed by atoms with Gasteiger partial charge in [-0.1, -0.05) is 6.07 Å². The number of hydrogen-bond acceptors (Lipinski definition) is 4. The van der Waals surface area contributed by atoms with Gasteiger partial charge in [0.05, 0.1) is 6.10 Å². The maximum atomic E-state index is 9.36. The van der Waals surface area contributed by atoms with Crippen LogP contribution in [0.3, 0.4) is 0 Å². The van der Waals surface area contributed by atoms with Gasteiger partial charge in [0.25, 0.3) is 0 Å². The zero-order chi connectivity index (χ0) is 10.7. The van der Waals surface area contributed by atoms with Crippen LogP contribution in [0.1, 0.15) is 18.6 Å². The predicted octanol–water partition coefficient (Wildman–Crippen LogP) is 0.544. The number of aliphatic hydroxyl groups is 1. The monoisotopic (exact) mass is 207 g/mol. The Balaban J connectivity index is 2.08. The lowest BCUT2D eigenvalue weighted by molar-refractivity contribution is 0.199. The fourth-order valence-electron chi connectivity index (χ4n) is 1.73. The molecule has 0 spiro atoms. The molecule has 1 aromatic heterocycles. The second kappa shape index (κ2) is 4.59. The van der Waals surface area contributed by atoms with E-state index in [1.165, 1.54) is 0 Å². The quantitative estimate of drug-likeness (QED) is 0.743. The molecular formula is C11H17N3O. The maximum Gasteiger partial charge on any atom is 0.128 e. The summed E-state index contributed by atoms with van der Waals surface area (Å²) in [5, 5.41) is 12.7. The van der Waals surface area contributed by atoms with Crippen LogP contribution in [0.15, 0.2) is 18.3 Å². The molecule has 2 rings (SSSR count). The molecule has 82 valence electrons. The van der Waals surface area contributed by atoms with Crippen molar-refractivity contribution >= 4 is 5.82 Å². The summed E-state index contributed by atoms with van der Waals surface area (Å²) in [5.41, 5.74) is 0.869. The molecule has 1 aliphatic rings. The number of anilines is 1. The predicted molar refractivity (Wildman–Crippen MR) is 60.0 cm³/mol. The maximum absolute atomic E-state index is 9.36. The van der Waals surface area contributed by atoms with Crippen molar-refractivity contribution < 1.29 is 5.11 Å². The molecule has 2 N–H and O–H groups in total. The van der Waals surface area contributed by atoms with Crippen LogP contribution in [-0.2, 0) is 0 Å². The largest absolute Gasteiger partial charge is 0.389 e. The highest BCUT2D eigenvalue weighted by atomic mass is 16.3. The molecule has 0 saturated carbocycles. The molecule has 0 bridgehead atoms. The van der Waals surface area contributed by atoms with Gasteiger partial charge in [0.1, 0.15) is 5.82 Å². The summed E-state index contributed by atoms with van der Waals surface area (Å²) >= 11 is 0. The Bertz CT molecular complexity index is 304. The zero-order valence-electron chi connectivity index (χ0n) is 8.98.